The lowest BCUT2D eigenvalue weighted by molar-refractivity contribution is 0.0123. The van der Waals surface area contributed by atoms with Gasteiger partial charge in [0.2, 0.25) is 5.82 Å². The Morgan fingerprint density at radius 3 is 2.84 bits per heavy atom. The van der Waals surface area contributed by atoms with Gasteiger partial charge < -0.3 is 15.2 Å². The zero-order chi connectivity index (χ0) is 13.3. The molecule has 19 heavy (non-hydrogen) atoms. The lowest BCUT2D eigenvalue weighted by Crippen LogP contribution is -2.54. The molecule has 1 aromatic rings. The highest BCUT2D eigenvalue weighted by Crippen LogP contribution is 2.37. The molecule has 0 bridgehead atoms. The molecule has 104 valence electrons. The Balaban J connectivity index is 1.68. The van der Waals surface area contributed by atoms with Crippen LogP contribution in [-0.4, -0.2) is 51.6 Å². The third-order valence-corrected chi connectivity index (χ3v) is 3.80. The number of amides is 1. The van der Waals surface area contributed by atoms with Crippen LogP contribution in [0.1, 0.15) is 48.0 Å². The normalized spacial score (nSPS) is 22.2. The molecule has 1 aliphatic carbocycles. The largest absolute Gasteiger partial charge is 0.394 e. The number of nitrogens with one attached hydrogen (secondary N) is 2. The molecule has 3 N–H and O–H groups in total. The molecule has 1 saturated carbocycles. The van der Waals surface area contributed by atoms with Crippen molar-refractivity contribution in [3.63, 3.8) is 0 Å². The van der Waals surface area contributed by atoms with Gasteiger partial charge in [0.05, 0.1) is 12.1 Å². The number of aliphatic hydroxyl groups is 1. The standard InChI is InChI=1S/C12H18N4O3/c17-7-12(3-5-19-6-4-12)14-11(18)10-13-9(15-16-10)8-1-2-8/h8,17H,1-7H2,(H,14,18)(H,13,15,16). The summed E-state index contributed by atoms with van der Waals surface area (Å²) in [6.45, 7) is 0.992. The molecule has 0 radical (unpaired) electrons. The van der Waals surface area contributed by atoms with Crippen LogP contribution in [0, 0.1) is 0 Å². The molecule has 1 aromatic heterocycles. The van der Waals surface area contributed by atoms with Crippen LogP contribution in [0.2, 0.25) is 0 Å². The number of ether oxygens (including phenoxy) is 1. The van der Waals surface area contributed by atoms with Gasteiger partial charge in [0.15, 0.2) is 0 Å². The van der Waals surface area contributed by atoms with Crippen LogP contribution in [0.3, 0.4) is 0 Å². The van der Waals surface area contributed by atoms with E-state index < -0.39 is 5.54 Å². The number of rotatable bonds is 4. The molecule has 3 rings (SSSR count). The summed E-state index contributed by atoms with van der Waals surface area (Å²) in [5.41, 5.74) is -0.601. The highest BCUT2D eigenvalue weighted by molar-refractivity contribution is 5.90. The summed E-state index contributed by atoms with van der Waals surface area (Å²) in [6.07, 6.45) is 3.42. The highest BCUT2D eigenvalue weighted by atomic mass is 16.5. The van der Waals surface area contributed by atoms with E-state index in [-0.39, 0.29) is 18.3 Å². The Bertz CT molecular complexity index is 463. The van der Waals surface area contributed by atoms with Gasteiger partial charge in [-0.05, 0) is 25.7 Å². The maximum Gasteiger partial charge on any atom is 0.291 e. The fraction of sp³-hybridized carbons (Fsp3) is 0.750. The van der Waals surface area contributed by atoms with Gasteiger partial charge >= 0.3 is 0 Å². The zero-order valence-corrected chi connectivity index (χ0v) is 10.7. The molecular formula is C12H18N4O3. The number of carbonyl (C=O) groups is 1. The van der Waals surface area contributed by atoms with E-state index in [9.17, 15) is 9.90 Å². The number of aliphatic hydroxyl groups excluding tert-OH is 1. The molecule has 0 spiro atoms. The Kier molecular flexibility index (Phi) is 3.24. The summed E-state index contributed by atoms with van der Waals surface area (Å²) >= 11 is 0. The van der Waals surface area contributed by atoms with Gasteiger partial charge in [-0.1, -0.05) is 0 Å². The first kappa shape index (κ1) is 12.6. The lowest BCUT2D eigenvalue weighted by Gasteiger charge is -2.35. The first-order valence-corrected chi connectivity index (χ1v) is 6.66. The van der Waals surface area contributed by atoms with Crippen LogP contribution >= 0.6 is 0 Å². The van der Waals surface area contributed by atoms with Crippen molar-refractivity contribution < 1.29 is 14.6 Å². The van der Waals surface area contributed by atoms with E-state index in [0.717, 1.165) is 18.7 Å². The van der Waals surface area contributed by atoms with Crippen LogP contribution in [-0.2, 0) is 4.74 Å². The second kappa shape index (κ2) is 4.90. The Morgan fingerprint density at radius 1 is 1.47 bits per heavy atom. The first-order valence-electron chi connectivity index (χ1n) is 6.66. The second-order valence-corrected chi connectivity index (χ2v) is 5.32. The van der Waals surface area contributed by atoms with Crippen molar-refractivity contribution in [3.8, 4) is 0 Å². The van der Waals surface area contributed by atoms with E-state index in [0.29, 0.717) is 32.0 Å². The fourth-order valence-electron chi connectivity index (χ4n) is 2.30. The molecule has 1 amide bonds. The predicted molar refractivity (Wildman–Crippen MR) is 65.7 cm³/mol. The third-order valence-electron chi connectivity index (χ3n) is 3.80. The van der Waals surface area contributed by atoms with Crippen molar-refractivity contribution >= 4 is 5.91 Å². The highest BCUT2D eigenvalue weighted by Gasteiger charge is 2.35. The summed E-state index contributed by atoms with van der Waals surface area (Å²) in [6, 6.07) is 0. The predicted octanol–water partition coefficient (Wildman–Crippen LogP) is -0.0466. The summed E-state index contributed by atoms with van der Waals surface area (Å²) in [5, 5.41) is 19.1. The number of aromatic amines is 1. The van der Waals surface area contributed by atoms with Crippen molar-refractivity contribution in [2.45, 2.75) is 37.1 Å². The number of nitrogens with zero attached hydrogens (tertiary/aromatic N) is 2. The molecular weight excluding hydrogens is 248 g/mol. The maximum atomic E-state index is 12.1. The van der Waals surface area contributed by atoms with Gasteiger partial charge in [-0.2, -0.15) is 0 Å². The minimum atomic E-state index is -0.601. The van der Waals surface area contributed by atoms with Crippen molar-refractivity contribution in [1.82, 2.24) is 20.5 Å². The van der Waals surface area contributed by atoms with E-state index in [1.807, 2.05) is 0 Å². The quantitative estimate of drug-likeness (QED) is 0.709. The van der Waals surface area contributed by atoms with Crippen molar-refractivity contribution in [1.29, 1.82) is 0 Å². The Labute approximate surface area is 110 Å². The monoisotopic (exact) mass is 266 g/mol. The molecule has 0 unspecified atom stereocenters. The topological polar surface area (TPSA) is 100 Å². The molecule has 1 aliphatic heterocycles. The number of hydrogen-bond donors (Lipinski definition) is 3. The molecule has 2 heterocycles. The number of aromatic nitrogens is 3. The molecule has 7 nitrogen and oxygen atoms in total. The van der Waals surface area contributed by atoms with E-state index >= 15 is 0 Å². The van der Waals surface area contributed by atoms with E-state index in [1.165, 1.54) is 0 Å². The smallest absolute Gasteiger partial charge is 0.291 e. The van der Waals surface area contributed by atoms with Crippen LogP contribution in [0.15, 0.2) is 0 Å². The summed E-state index contributed by atoms with van der Waals surface area (Å²) in [7, 11) is 0. The average Bonchev–Trinajstić information content (AvgIpc) is 3.17. The molecule has 2 fully saturated rings. The van der Waals surface area contributed by atoms with Gasteiger partial charge in [-0.3, -0.25) is 9.89 Å². The van der Waals surface area contributed by atoms with Crippen LogP contribution < -0.4 is 5.32 Å². The number of H-pyrrole nitrogens is 1. The van der Waals surface area contributed by atoms with Gasteiger partial charge in [0.25, 0.3) is 5.91 Å². The van der Waals surface area contributed by atoms with Crippen LogP contribution in [0.5, 0.6) is 0 Å². The average molecular weight is 266 g/mol. The molecule has 0 aromatic carbocycles. The van der Waals surface area contributed by atoms with Crippen molar-refractivity contribution in [2.24, 2.45) is 0 Å². The maximum absolute atomic E-state index is 12.1. The Hall–Kier alpha value is -1.47. The van der Waals surface area contributed by atoms with Crippen molar-refractivity contribution in [2.75, 3.05) is 19.8 Å². The van der Waals surface area contributed by atoms with E-state index in [1.54, 1.807) is 0 Å². The van der Waals surface area contributed by atoms with Gasteiger partial charge in [0, 0.05) is 19.1 Å². The number of hydrogen-bond acceptors (Lipinski definition) is 5. The molecule has 2 aliphatic rings. The van der Waals surface area contributed by atoms with E-state index in [2.05, 4.69) is 20.5 Å². The van der Waals surface area contributed by atoms with Gasteiger partial charge in [-0.15, -0.1) is 5.10 Å². The first-order chi connectivity index (χ1) is 9.22. The summed E-state index contributed by atoms with van der Waals surface area (Å²) in [4.78, 5) is 16.3. The summed E-state index contributed by atoms with van der Waals surface area (Å²) < 4.78 is 5.26. The minimum absolute atomic E-state index is 0.0952. The van der Waals surface area contributed by atoms with Crippen LogP contribution in [0.4, 0.5) is 0 Å². The Morgan fingerprint density at radius 2 is 2.21 bits per heavy atom. The van der Waals surface area contributed by atoms with Gasteiger partial charge in [-0.25, -0.2) is 4.98 Å². The minimum Gasteiger partial charge on any atom is -0.394 e. The third kappa shape index (κ3) is 2.62. The van der Waals surface area contributed by atoms with Gasteiger partial charge in [0.1, 0.15) is 5.82 Å². The fourth-order valence-corrected chi connectivity index (χ4v) is 2.30. The SMILES string of the molecule is O=C(NC1(CO)CCOCC1)c1n[nH]c(C2CC2)n1. The molecule has 0 atom stereocenters. The van der Waals surface area contributed by atoms with Crippen LogP contribution in [0.25, 0.3) is 0 Å². The molecule has 1 saturated heterocycles. The second-order valence-electron chi connectivity index (χ2n) is 5.32. The summed E-state index contributed by atoms with van der Waals surface area (Å²) in [5.74, 6) is 1.04. The van der Waals surface area contributed by atoms with E-state index in [4.69, 9.17) is 4.74 Å². The number of carbonyl (C=O) groups excluding carboxylic acids is 1. The molecule has 7 heteroatoms. The van der Waals surface area contributed by atoms with Crippen molar-refractivity contribution in [3.05, 3.63) is 11.6 Å². The zero-order valence-electron chi connectivity index (χ0n) is 10.7. The lowest BCUT2D eigenvalue weighted by atomic mass is 9.91.